The summed E-state index contributed by atoms with van der Waals surface area (Å²) in [6, 6.07) is 21.3. The first kappa shape index (κ1) is 25.2. The van der Waals surface area contributed by atoms with Gasteiger partial charge in [-0.1, -0.05) is 41.9 Å². The standard InChI is InChI=1S/C29H23ClFN3O4/c30-25-16-21(31)11-10-20(25)18-33-26-6-2-1-5-24(26)28(36)34(29(33)37)22-12-7-19(8-13-22)9-14-27(35)32-17-23-4-3-15-38-23/h1-8,10-13,15-16H,9,14,17-18H2,(H,32,35). The van der Waals surface area contributed by atoms with Crippen molar-refractivity contribution in [2.45, 2.75) is 25.9 Å². The van der Waals surface area contributed by atoms with Crippen LogP contribution < -0.4 is 16.6 Å². The zero-order valence-corrected chi connectivity index (χ0v) is 21.0. The summed E-state index contributed by atoms with van der Waals surface area (Å²) >= 11 is 6.23. The Kier molecular flexibility index (Phi) is 7.24. The van der Waals surface area contributed by atoms with Gasteiger partial charge in [0.25, 0.3) is 5.56 Å². The van der Waals surface area contributed by atoms with Crippen molar-refractivity contribution >= 4 is 28.4 Å². The summed E-state index contributed by atoms with van der Waals surface area (Å²) < 4.78 is 21.3. The molecule has 0 saturated carbocycles. The zero-order chi connectivity index (χ0) is 26.6. The lowest BCUT2D eigenvalue weighted by atomic mass is 10.1. The summed E-state index contributed by atoms with van der Waals surface area (Å²) in [4.78, 5) is 39.1. The molecule has 0 aliphatic carbocycles. The molecule has 0 spiro atoms. The van der Waals surface area contributed by atoms with Gasteiger partial charge in [0.1, 0.15) is 11.6 Å². The second-order valence-corrected chi connectivity index (χ2v) is 9.19. The predicted molar refractivity (Wildman–Crippen MR) is 143 cm³/mol. The van der Waals surface area contributed by atoms with E-state index >= 15 is 0 Å². The number of carbonyl (C=O) groups is 1. The van der Waals surface area contributed by atoms with Crippen LogP contribution in [0.4, 0.5) is 4.39 Å². The van der Waals surface area contributed by atoms with Crippen molar-refractivity contribution in [2.24, 2.45) is 0 Å². The van der Waals surface area contributed by atoms with Gasteiger partial charge in [0.15, 0.2) is 0 Å². The first-order valence-electron chi connectivity index (χ1n) is 12.0. The molecule has 0 atom stereocenters. The number of benzene rings is 3. The number of rotatable bonds is 8. The smallest absolute Gasteiger partial charge is 0.336 e. The average Bonchev–Trinajstić information content (AvgIpc) is 3.44. The largest absolute Gasteiger partial charge is 0.467 e. The molecule has 2 aromatic heterocycles. The van der Waals surface area contributed by atoms with Crippen LogP contribution in [0.25, 0.3) is 16.6 Å². The van der Waals surface area contributed by atoms with Gasteiger partial charge in [-0.15, -0.1) is 0 Å². The van der Waals surface area contributed by atoms with E-state index in [1.165, 1.54) is 22.8 Å². The maximum absolute atomic E-state index is 13.6. The summed E-state index contributed by atoms with van der Waals surface area (Å²) in [5, 5.41) is 3.36. The summed E-state index contributed by atoms with van der Waals surface area (Å²) in [7, 11) is 0. The van der Waals surface area contributed by atoms with Gasteiger partial charge in [-0.3, -0.25) is 14.2 Å². The lowest BCUT2D eigenvalue weighted by molar-refractivity contribution is -0.121. The number of nitrogens with one attached hydrogen (secondary N) is 1. The molecule has 0 fully saturated rings. The Morgan fingerprint density at radius 1 is 0.974 bits per heavy atom. The highest BCUT2D eigenvalue weighted by molar-refractivity contribution is 6.31. The van der Waals surface area contributed by atoms with Crippen LogP contribution in [0.3, 0.4) is 0 Å². The molecule has 1 amide bonds. The SMILES string of the molecule is O=C(CCc1ccc(-n2c(=O)c3ccccc3n(Cc3ccc(F)cc3Cl)c2=O)cc1)NCc1ccco1. The maximum Gasteiger partial charge on any atom is 0.336 e. The normalized spacial score (nSPS) is 11.1. The number of halogens is 2. The molecule has 5 rings (SSSR count). The van der Waals surface area contributed by atoms with E-state index in [9.17, 15) is 18.8 Å². The third-order valence-electron chi connectivity index (χ3n) is 6.27. The Morgan fingerprint density at radius 3 is 2.50 bits per heavy atom. The van der Waals surface area contributed by atoms with E-state index in [1.807, 2.05) is 0 Å². The minimum atomic E-state index is -0.542. The van der Waals surface area contributed by atoms with E-state index in [0.717, 1.165) is 10.1 Å². The quantitative estimate of drug-likeness (QED) is 0.310. The molecule has 192 valence electrons. The topological polar surface area (TPSA) is 86.2 Å². The number of furan rings is 1. The van der Waals surface area contributed by atoms with Gasteiger partial charge in [-0.25, -0.2) is 13.8 Å². The summed E-state index contributed by atoms with van der Waals surface area (Å²) in [5.41, 5.74) is 1.30. The van der Waals surface area contributed by atoms with Gasteiger partial charge < -0.3 is 9.73 Å². The van der Waals surface area contributed by atoms with E-state index in [1.54, 1.807) is 66.9 Å². The highest BCUT2D eigenvalue weighted by Crippen LogP contribution is 2.20. The molecule has 7 nitrogen and oxygen atoms in total. The van der Waals surface area contributed by atoms with Crippen molar-refractivity contribution in [3.05, 3.63) is 134 Å². The van der Waals surface area contributed by atoms with Crippen LogP contribution in [0.5, 0.6) is 0 Å². The fraction of sp³-hybridized carbons (Fsp3) is 0.138. The Bertz CT molecular complexity index is 1720. The van der Waals surface area contributed by atoms with Gasteiger partial charge in [0.05, 0.1) is 35.9 Å². The second kappa shape index (κ2) is 10.9. The number of hydrogen-bond donors (Lipinski definition) is 1. The van der Waals surface area contributed by atoms with Gasteiger partial charge in [0, 0.05) is 11.4 Å². The van der Waals surface area contributed by atoms with Crippen molar-refractivity contribution in [1.29, 1.82) is 0 Å². The van der Waals surface area contributed by atoms with E-state index in [4.69, 9.17) is 16.0 Å². The maximum atomic E-state index is 13.6. The number of nitrogens with zero attached hydrogens (tertiary/aromatic N) is 2. The number of carbonyl (C=O) groups excluding carboxylic acids is 1. The van der Waals surface area contributed by atoms with Crippen LogP contribution >= 0.6 is 11.6 Å². The van der Waals surface area contributed by atoms with E-state index in [2.05, 4.69) is 5.32 Å². The van der Waals surface area contributed by atoms with Crippen LogP contribution in [0, 0.1) is 5.82 Å². The molecule has 0 bridgehead atoms. The number of hydrogen-bond acceptors (Lipinski definition) is 4. The molecule has 5 aromatic rings. The molecule has 3 aromatic carbocycles. The highest BCUT2D eigenvalue weighted by atomic mass is 35.5. The third-order valence-corrected chi connectivity index (χ3v) is 6.62. The Labute approximate surface area is 221 Å². The summed E-state index contributed by atoms with van der Waals surface area (Å²) in [6.07, 6.45) is 2.32. The molecule has 0 saturated heterocycles. The first-order chi connectivity index (χ1) is 18.4. The van der Waals surface area contributed by atoms with E-state index in [0.29, 0.717) is 40.9 Å². The predicted octanol–water partition coefficient (Wildman–Crippen LogP) is 4.84. The van der Waals surface area contributed by atoms with Crippen molar-refractivity contribution in [1.82, 2.24) is 14.5 Å². The molecular weight excluding hydrogens is 509 g/mol. The van der Waals surface area contributed by atoms with Crippen molar-refractivity contribution in [3.63, 3.8) is 0 Å². The Hall–Kier alpha value is -4.43. The van der Waals surface area contributed by atoms with Crippen LogP contribution in [0.1, 0.15) is 23.3 Å². The van der Waals surface area contributed by atoms with Crippen molar-refractivity contribution < 1.29 is 13.6 Å². The van der Waals surface area contributed by atoms with Gasteiger partial charge in [-0.05, 0) is 66.1 Å². The average molecular weight is 532 g/mol. The first-order valence-corrected chi connectivity index (χ1v) is 12.4. The van der Waals surface area contributed by atoms with Gasteiger partial charge in [0.2, 0.25) is 5.91 Å². The Morgan fingerprint density at radius 2 is 1.76 bits per heavy atom. The van der Waals surface area contributed by atoms with Gasteiger partial charge >= 0.3 is 5.69 Å². The van der Waals surface area contributed by atoms with Crippen molar-refractivity contribution in [2.75, 3.05) is 0 Å². The number of amides is 1. The van der Waals surface area contributed by atoms with E-state index in [-0.39, 0.29) is 23.9 Å². The lowest BCUT2D eigenvalue weighted by Crippen LogP contribution is -2.39. The highest BCUT2D eigenvalue weighted by Gasteiger charge is 2.16. The van der Waals surface area contributed by atoms with Crippen LogP contribution in [0.15, 0.2) is 99.1 Å². The van der Waals surface area contributed by atoms with E-state index < -0.39 is 17.1 Å². The Balaban J connectivity index is 1.42. The summed E-state index contributed by atoms with van der Waals surface area (Å²) in [5.74, 6) is 0.0884. The molecule has 2 heterocycles. The minimum Gasteiger partial charge on any atom is -0.467 e. The second-order valence-electron chi connectivity index (χ2n) is 8.78. The minimum absolute atomic E-state index is 0.0595. The number of para-hydroxylation sites is 1. The fourth-order valence-corrected chi connectivity index (χ4v) is 4.51. The van der Waals surface area contributed by atoms with Crippen LogP contribution in [0.2, 0.25) is 5.02 Å². The molecule has 1 N–H and O–H groups in total. The third kappa shape index (κ3) is 5.31. The molecule has 9 heteroatoms. The number of aryl methyl sites for hydroxylation is 1. The molecule has 0 aliphatic rings. The number of fused-ring (bicyclic) bond motifs is 1. The lowest BCUT2D eigenvalue weighted by Gasteiger charge is -2.15. The van der Waals surface area contributed by atoms with Crippen LogP contribution in [-0.2, 0) is 24.3 Å². The molecule has 0 radical (unpaired) electrons. The zero-order valence-electron chi connectivity index (χ0n) is 20.2. The molecular formula is C29H23ClFN3O4. The number of aromatic nitrogens is 2. The van der Waals surface area contributed by atoms with Crippen molar-refractivity contribution in [3.8, 4) is 5.69 Å². The molecule has 0 unspecified atom stereocenters. The summed E-state index contributed by atoms with van der Waals surface area (Å²) in [6.45, 7) is 0.384. The molecule has 0 aliphatic heterocycles. The monoisotopic (exact) mass is 531 g/mol. The van der Waals surface area contributed by atoms with Gasteiger partial charge in [-0.2, -0.15) is 0 Å². The fourth-order valence-electron chi connectivity index (χ4n) is 4.28. The molecule has 38 heavy (non-hydrogen) atoms. The van der Waals surface area contributed by atoms with Crippen LogP contribution in [-0.4, -0.2) is 15.0 Å².